The van der Waals surface area contributed by atoms with Crippen LogP contribution in [0.3, 0.4) is 0 Å². The van der Waals surface area contributed by atoms with Crippen LogP contribution in [0, 0.1) is 5.13 Å². The summed E-state index contributed by atoms with van der Waals surface area (Å²) in [5, 5.41) is 0.616. The number of halogens is 2. The van der Waals surface area contributed by atoms with Gasteiger partial charge >= 0.3 is 0 Å². The molecule has 0 fully saturated rings. The van der Waals surface area contributed by atoms with Crippen molar-refractivity contribution < 1.29 is 9.13 Å². The van der Waals surface area contributed by atoms with Gasteiger partial charge in [-0.25, -0.2) is 0 Å². The Labute approximate surface area is 131 Å². The Bertz CT molecular complexity index is 726. The lowest BCUT2D eigenvalue weighted by Crippen LogP contribution is -2.08. The minimum absolute atomic E-state index is 0.128. The van der Waals surface area contributed by atoms with Gasteiger partial charge < -0.3 is 4.74 Å². The zero-order valence-electron chi connectivity index (χ0n) is 11.3. The van der Waals surface area contributed by atoms with Crippen LogP contribution in [0.15, 0.2) is 54.6 Å². The molecule has 0 spiro atoms. The lowest BCUT2D eigenvalue weighted by Gasteiger charge is -2.19. The van der Waals surface area contributed by atoms with Gasteiger partial charge in [-0.1, -0.05) is 36.4 Å². The zero-order chi connectivity index (χ0) is 14.7. The number of alkyl halides is 1. The van der Waals surface area contributed by atoms with Crippen LogP contribution in [0.2, 0.25) is 0 Å². The molecule has 0 N–H and O–H groups in total. The smallest absolute Gasteiger partial charge is 0.177 e. The number of ether oxygens (including phenoxy) is 1. The lowest BCUT2D eigenvalue weighted by molar-refractivity contribution is 0.205. The quantitative estimate of drug-likeness (QED) is 0.541. The van der Waals surface area contributed by atoms with Gasteiger partial charge in [0.25, 0.3) is 0 Å². The fourth-order valence-corrected chi connectivity index (χ4v) is 3.32. The molecule has 1 nitrogen and oxygen atoms in total. The number of thiophene rings is 1. The highest BCUT2D eigenvalue weighted by atomic mass is 35.5. The van der Waals surface area contributed by atoms with Crippen molar-refractivity contribution in [3.63, 3.8) is 0 Å². The van der Waals surface area contributed by atoms with Crippen LogP contribution in [0.1, 0.15) is 18.1 Å². The Morgan fingerprint density at radius 1 is 1.10 bits per heavy atom. The van der Waals surface area contributed by atoms with Crippen LogP contribution in [0.4, 0.5) is 4.39 Å². The van der Waals surface area contributed by atoms with E-state index < -0.39 is 0 Å². The molecule has 0 saturated carbocycles. The molecular formula is C17H14ClFOS. The van der Waals surface area contributed by atoms with Crippen molar-refractivity contribution in [3.05, 3.63) is 65.3 Å². The van der Waals surface area contributed by atoms with Crippen LogP contribution < -0.4 is 4.74 Å². The zero-order valence-corrected chi connectivity index (χ0v) is 12.8. The molecule has 21 heavy (non-hydrogen) atoms. The summed E-state index contributed by atoms with van der Waals surface area (Å²) < 4.78 is 20.5. The van der Waals surface area contributed by atoms with Gasteiger partial charge in [-0.2, -0.15) is 4.39 Å². The van der Waals surface area contributed by atoms with E-state index in [2.05, 4.69) is 0 Å². The predicted molar refractivity (Wildman–Crippen MR) is 86.9 cm³/mol. The summed E-state index contributed by atoms with van der Waals surface area (Å²) in [6, 6.07) is 17.1. The third-order valence-electron chi connectivity index (χ3n) is 3.30. The molecule has 1 atom stereocenters. The first-order valence-electron chi connectivity index (χ1n) is 6.73. The van der Waals surface area contributed by atoms with E-state index in [4.69, 9.17) is 16.3 Å². The Hall–Kier alpha value is -1.58. The summed E-state index contributed by atoms with van der Waals surface area (Å²) >= 11 is 7.03. The Balaban J connectivity index is 1.94. The van der Waals surface area contributed by atoms with Crippen LogP contribution in [-0.4, -0.2) is 5.88 Å². The van der Waals surface area contributed by atoms with Crippen LogP contribution >= 0.6 is 22.9 Å². The number of fused-ring (bicyclic) bond motifs is 1. The highest BCUT2D eigenvalue weighted by Gasteiger charge is 2.15. The van der Waals surface area contributed by atoms with Gasteiger partial charge in [-0.3, -0.25) is 0 Å². The molecular weight excluding hydrogens is 307 g/mol. The van der Waals surface area contributed by atoms with Crippen molar-refractivity contribution in [2.24, 2.45) is 0 Å². The van der Waals surface area contributed by atoms with E-state index in [1.165, 1.54) is 6.07 Å². The molecule has 2 aromatic carbocycles. The SMILES string of the molecule is Fc1cc2c(O[C@H](CCCl)c3ccccc3)cccc2s1. The topological polar surface area (TPSA) is 9.23 Å². The van der Waals surface area contributed by atoms with E-state index in [9.17, 15) is 4.39 Å². The molecule has 0 bridgehead atoms. The van der Waals surface area contributed by atoms with Crippen molar-refractivity contribution in [2.75, 3.05) is 5.88 Å². The second-order valence-electron chi connectivity index (χ2n) is 4.71. The second-order valence-corrected chi connectivity index (χ2v) is 6.13. The summed E-state index contributed by atoms with van der Waals surface area (Å²) in [6.45, 7) is 0. The molecule has 0 saturated heterocycles. The van der Waals surface area contributed by atoms with Crippen molar-refractivity contribution >= 4 is 33.0 Å². The maximum atomic E-state index is 13.5. The largest absolute Gasteiger partial charge is 0.485 e. The van der Waals surface area contributed by atoms with E-state index in [1.807, 2.05) is 48.5 Å². The predicted octanol–water partition coefficient (Wildman–Crippen LogP) is 5.79. The summed E-state index contributed by atoms with van der Waals surface area (Å²) in [5.74, 6) is 1.21. The van der Waals surface area contributed by atoms with Crippen LogP contribution in [0.5, 0.6) is 5.75 Å². The minimum atomic E-state index is -0.199. The average Bonchev–Trinajstić information content (AvgIpc) is 2.89. The number of hydrogen-bond donors (Lipinski definition) is 0. The molecule has 3 aromatic rings. The molecule has 1 heterocycles. The van der Waals surface area contributed by atoms with Crippen molar-refractivity contribution in [1.82, 2.24) is 0 Å². The molecule has 0 aliphatic carbocycles. The van der Waals surface area contributed by atoms with Crippen LogP contribution in [-0.2, 0) is 0 Å². The van der Waals surface area contributed by atoms with E-state index in [-0.39, 0.29) is 11.2 Å². The fourth-order valence-electron chi connectivity index (χ4n) is 2.32. The molecule has 0 unspecified atom stereocenters. The van der Waals surface area contributed by atoms with Crippen molar-refractivity contribution in [2.45, 2.75) is 12.5 Å². The highest BCUT2D eigenvalue weighted by Crippen LogP contribution is 2.35. The first-order valence-corrected chi connectivity index (χ1v) is 8.08. The molecule has 108 valence electrons. The highest BCUT2D eigenvalue weighted by molar-refractivity contribution is 7.17. The molecule has 0 radical (unpaired) electrons. The molecule has 0 aliphatic rings. The summed E-state index contributed by atoms with van der Waals surface area (Å²) in [7, 11) is 0. The minimum Gasteiger partial charge on any atom is -0.485 e. The standard InChI is InChI=1S/C17H14ClFOS/c18-10-9-14(12-5-2-1-3-6-12)20-15-7-4-8-16-13(15)11-17(19)21-16/h1-8,11,14H,9-10H2/t14-/m1/s1. The van der Waals surface area contributed by atoms with Crippen molar-refractivity contribution in [1.29, 1.82) is 0 Å². The van der Waals surface area contributed by atoms with Crippen molar-refractivity contribution in [3.8, 4) is 5.75 Å². The molecule has 0 aliphatic heterocycles. The van der Waals surface area contributed by atoms with E-state index in [1.54, 1.807) is 0 Å². The summed E-state index contributed by atoms with van der Waals surface area (Å²) in [5.41, 5.74) is 1.07. The fraction of sp³-hybridized carbons (Fsp3) is 0.176. The van der Waals surface area contributed by atoms with Gasteiger partial charge in [0.1, 0.15) is 11.9 Å². The summed E-state index contributed by atoms with van der Waals surface area (Å²) in [6.07, 6.45) is 0.575. The number of benzene rings is 2. The van der Waals surface area contributed by atoms with Gasteiger partial charge in [-0.15, -0.1) is 22.9 Å². The first kappa shape index (κ1) is 14.4. The Morgan fingerprint density at radius 2 is 1.90 bits per heavy atom. The average molecular weight is 321 g/mol. The second kappa shape index (κ2) is 6.46. The Kier molecular flexibility index (Phi) is 4.42. The molecule has 3 rings (SSSR count). The number of hydrogen-bond acceptors (Lipinski definition) is 2. The monoisotopic (exact) mass is 320 g/mol. The Morgan fingerprint density at radius 3 is 2.67 bits per heavy atom. The van der Waals surface area contributed by atoms with Crippen LogP contribution in [0.25, 0.3) is 10.1 Å². The van der Waals surface area contributed by atoms with Gasteiger partial charge in [0, 0.05) is 22.4 Å². The first-order chi connectivity index (χ1) is 10.3. The van der Waals surface area contributed by atoms with Gasteiger partial charge in [0.15, 0.2) is 5.13 Å². The third kappa shape index (κ3) is 3.20. The lowest BCUT2D eigenvalue weighted by atomic mass is 10.1. The van der Waals surface area contributed by atoms with Gasteiger partial charge in [0.05, 0.1) is 0 Å². The van der Waals surface area contributed by atoms with Gasteiger partial charge in [-0.05, 0) is 23.8 Å². The van der Waals surface area contributed by atoms with E-state index in [0.29, 0.717) is 18.1 Å². The summed E-state index contributed by atoms with van der Waals surface area (Å²) in [4.78, 5) is 0. The number of rotatable bonds is 5. The van der Waals surface area contributed by atoms with Gasteiger partial charge in [0.2, 0.25) is 0 Å². The molecule has 1 aromatic heterocycles. The van der Waals surface area contributed by atoms with E-state index in [0.717, 1.165) is 27.0 Å². The maximum absolute atomic E-state index is 13.5. The normalized spacial score (nSPS) is 12.5. The molecule has 0 amide bonds. The van der Waals surface area contributed by atoms with E-state index >= 15 is 0 Å². The third-order valence-corrected chi connectivity index (χ3v) is 4.41. The maximum Gasteiger partial charge on any atom is 0.177 e. The molecule has 4 heteroatoms.